The van der Waals surface area contributed by atoms with E-state index < -0.39 is 11.8 Å². The molecule has 0 radical (unpaired) electrons. The largest absolute Gasteiger partial charge is 0.272 e. The van der Waals surface area contributed by atoms with Crippen molar-refractivity contribution in [1.29, 1.82) is 0 Å². The van der Waals surface area contributed by atoms with Crippen LogP contribution in [0.25, 0.3) is 0 Å². The van der Waals surface area contributed by atoms with Crippen LogP contribution >= 0.6 is 0 Å². The first-order valence-electron chi connectivity index (χ1n) is 3.87. The predicted molar refractivity (Wildman–Crippen MR) is 44.9 cm³/mol. The summed E-state index contributed by atoms with van der Waals surface area (Å²) in [7, 11) is 0. The molecule has 0 fully saturated rings. The quantitative estimate of drug-likeness (QED) is 0.533. The lowest BCUT2D eigenvalue weighted by Crippen LogP contribution is -2.35. The lowest BCUT2D eigenvalue weighted by molar-refractivity contribution is -0.128. The van der Waals surface area contributed by atoms with Gasteiger partial charge in [0, 0.05) is 11.9 Å². The van der Waals surface area contributed by atoms with Crippen LogP contribution in [0.2, 0.25) is 0 Å². The van der Waals surface area contributed by atoms with Gasteiger partial charge in [-0.1, -0.05) is 0 Å². The average Bonchev–Trinajstić information content (AvgIpc) is 2.60. The maximum Gasteiger partial charge on any atom is 0.250 e. The van der Waals surface area contributed by atoms with E-state index in [1.54, 1.807) is 6.92 Å². The van der Waals surface area contributed by atoms with Gasteiger partial charge in [0.25, 0.3) is 0 Å². The molecular weight excluding hydrogens is 172 g/mol. The number of hydrogen-bond acceptors (Lipinski definition) is 4. The molecule has 0 aromatic rings. The summed E-state index contributed by atoms with van der Waals surface area (Å²) in [5, 5.41) is 7.35. The molecule has 0 aromatic heterocycles. The van der Waals surface area contributed by atoms with E-state index in [1.165, 1.54) is 6.21 Å². The van der Waals surface area contributed by atoms with E-state index in [4.69, 9.17) is 0 Å². The molecule has 0 saturated carbocycles. The highest BCUT2D eigenvalue weighted by Gasteiger charge is 2.39. The molecule has 2 unspecified atom stereocenters. The summed E-state index contributed by atoms with van der Waals surface area (Å²) < 4.78 is 0. The first-order valence-corrected chi connectivity index (χ1v) is 3.87. The van der Waals surface area contributed by atoms with Gasteiger partial charge in [0.2, 0.25) is 11.8 Å². The number of carbonyl (C=O) groups excluding carboxylic acids is 2. The molecule has 2 aliphatic heterocycles. The van der Waals surface area contributed by atoms with Crippen molar-refractivity contribution >= 4 is 23.7 Å². The van der Waals surface area contributed by atoms with Gasteiger partial charge in [0.15, 0.2) is 0 Å². The Morgan fingerprint density at radius 2 is 2.08 bits per heavy atom. The van der Waals surface area contributed by atoms with Gasteiger partial charge in [-0.3, -0.25) is 9.59 Å². The van der Waals surface area contributed by atoms with Crippen LogP contribution in [0.4, 0.5) is 0 Å². The molecule has 68 valence electrons. The van der Waals surface area contributed by atoms with Crippen LogP contribution < -0.4 is 10.9 Å². The summed E-state index contributed by atoms with van der Waals surface area (Å²) in [4.78, 5) is 22.4. The van der Waals surface area contributed by atoms with Gasteiger partial charge in [-0.2, -0.15) is 10.2 Å². The number of hydrazone groups is 2. The van der Waals surface area contributed by atoms with Crippen LogP contribution in [-0.4, -0.2) is 23.7 Å². The fourth-order valence-electron chi connectivity index (χ4n) is 1.46. The van der Waals surface area contributed by atoms with Crippen molar-refractivity contribution in [2.24, 2.45) is 22.0 Å². The Labute approximate surface area is 74.1 Å². The van der Waals surface area contributed by atoms with E-state index in [1.807, 2.05) is 0 Å². The van der Waals surface area contributed by atoms with Crippen LogP contribution in [0.3, 0.4) is 0 Å². The number of nitrogens with one attached hydrogen (secondary N) is 2. The molecule has 2 amide bonds. The predicted octanol–water partition coefficient (Wildman–Crippen LogP) is -1.16. The van der Waals surface area contributed by atoms with Gasteiger partial charge >= 0.3 is 0 Å². The van der Waals surface area contributed by atoms with E-state index in [0.29, 0.717) is 5.71 Å². The fourth-order valence-corrected chi connectivity index (χ4v) is 1.46. The minimum Gasteiger partial charge on any atom is -0.272 e. The van der Waals surface area contributed by atoms with Crippen molar-refractivity contribution in [3.8, 4) is 0 Å². The van der Waals surface area contributed by atoms with Gasteiger partial charge in [0.1, 0.15) is 0 Å². The Bertz CT molecular complexity index is 333. The molecule has 2 atom stereocenters. The minimum atomic E-state index is -0.508. The second-order valence-corrected chi connectivity index (χ2v) is 2.99. The van der Waals surface area contributed by atoms with Crippen LogP contribution in [0.1, 0.15) is 6.92 Å². The zero-order valence-corrected chi connectivity index (χ0v) is 6.94. The van der Waals surface area contributed by atoms with E-state index in [-0.39, 0.29) is 11.8 Å². The summed E-state index contributed by atoms with van der Waals surface area (Å²) in [5.41, 5.74) is 5.23. The van der Waals surface area contributed by atoms with Crippen molar-refractivity contribution < 1.29 is 9.59 Å². The molecule has 0 spiro atoms. The molecule has 0 bridgehead atoms. The number of amides is 2. The van der Waals surface area contributed by atoms with E-state index in [2.05, 4.69) is 21.1 Å². The zero-order valence-electron chi connectivity index (χ0n) is 6.94. The number of nitrogens with zero attached hydrogens (tertiary/aromatic N) is 2. The Morgan fingerprint density at radius 3 is 2.54 bits per heavy atom. The monoisotopic (exact) mass is 180 g/mol. The fraction of sp³-hybridized carbons (Fsp3) is 0.429. The third-order valence-corrected chi connectivity index (χ3v) is 2.15. The van der Waals surface area contributed by atoms with E-state index in [9.17, 15) is 9.59 Å². The average molecular weight is 180 g/mol. The highest BCUT2D eigenvalue weighted by atomic mass is 16.2. The normalized spacial score (nSPS) is 31.6. The van der Waals surface area contributed by atoms with E-state index in [0.717, 1.165) is 0 Å². The molecule has 6 nitrogen and oxygen atoms in total. The van der Waals surface area contributed by atoms with Crippen molar-refractivity contribution in [2.75, 3.05) is 0 Å². The lowest BCUT2D eigenvalue weighted by atomic mass is 9.89. The molecule has 2 heterocycles. The molecule has 2 aliphatic rings. The first kappa shape index (κ1) is 7.90. The number of hydrogen-bond donors (Lipinski definition) is 2. The second kappa shape index (κ2) is 2.65. The lowest BCUT2D eigenvalue weighted by Gasteiger charge is -2.10. The molecule has 13 heavy (non-hydrogen) atoms. The van der Waals surface area contributed by atoms with Crippen molar-refractivity contribution in [3.63, 3.8) is 0 Å². The number of carbonyl (C=O) groups is 2. The van der Waals surface area contributed by atoms with Crippen LogP contribution in [0.15, 0.2) is 10.2 Å². The van der Waals surface area contributed by atoms with Crippen LogP contribution in [0.5, 0.6) is 0 Å². The Kier molecular flexibility index (Phi) is 1.61. The molecule has 0 aromatic carbocycles. The summed E-state index contributed by atoms with van der Waals surface area (Å²) in [6.07, 6.45) is 1.44. The molecular formula is C7H8N4O2. The van der Waals surface area contributed by atoms with Crippen molar-refractivity contribution in [3.05, 3.63) is 0 Å². The summed E-state index contributed by atoms with van der Waals surface area (Å²) in [5.74, 6) is -1.50. The maximum absolute atomic E-state index is 11.2. The van der Waals surface area contributed by atoms with Gasteiger partial charge in [0.05, 0.1) is 11.8 Å². The molecule has 0 aliphatic carbocycles. The van der Waals surface area contributed by atoms with Gasteiger partial charge in [-0.25, -0.2) is 10.9 Å². The Balaban J connectivity index is 2.25. The van der Waals surface area contributed by atoms with Crippen LogP contribution in [-0.2, 0) is 9.59 Å². The molecule has 0 saturated heterocycles. The molecule has 2 N–H and O–H groups in total. The van der Waals surface area contributed by atoms with Crippen molar-refractivity contribution in [2.45, 2.75) is 6.92 Å². The molecule has 2 rings (SSSR count). The smallest absolute Gasteiger partial charge is 0.250 e. The zero-order chi connectivity index (χ0) is 9.42. The van der Waals surface area contributed by atoms with Gasteiger partial charge in [-0.15, -0.1) is 0 Å². The highest BCUT2D eigenvalue weighted by molar-refractivity contribution is 6.14. The third kappa shape index (κ3) is 1.10. The standard InChI is InChI=1S/C7H8N4O2/c1-3-5(7(13)11-9-3)4-2-8-10-6(4)12/h2,4-5H,1H3,(H,10,12)(H,11,13). The minimum absolute atomic E-state index is 0.244. The van der Waals surface area contributed by atoms with E-state index >= 15 is 0 Å². The summed E-state index contributed by atoms with van der Waals surface area (Å²) in [6, 6.07) is 0. The third-order valence-electron chi connectivity index (χ3n) is 2.15. The summed E-state index contributed by atoms with van der Waals surface area (Å²) in [6.45, 7) is 1.71. The summed E-state index contributed by atoms with van der Waals surface area (Å²) >= 11 is 0. The van der Waals surface area contributed by atoms with Gasteiger partial charge in [-0.05, 0) is 6.92 Å². The SMILES string of the molecule is CC1=NNC(=O)C1C1C=NNC1=O. The highest BCUT2D eigenvalue weighted by Crippen LogP contribution is 2.19. The Hall–Kier alpha value is -1.72. The molecule has 6 heteroatoms. The van der Waals surface area contributed by atoms with Gasteiger partial charge < -0.3 is 0 Å². The maximum atomic E-state index is 11.2. The second-order valence-electron chi connectivity index (χ2n) is 2.99. The first-order chi connectivity index (χ1) is 6.20. The van der Waals surface area contributed by atoms with Crippen LogP contribution in [0, 0.1) is 11.8 Å². The van der Waals surface area contributed by atoms with Crippen molar-refractivity contribution in [1.82, 2.24) is 10.9 Å². The number of rotatable bonds is 1. The Morgan fingerprint density at radius 1 is 1.31 bits per heavy atom. The topological polar surface area (TPSA) is 82.9 Å².